The molecule has 0 radical (unpaired) electrons. The molecule has 4 rings (SSSR count). The van der Waals surface area contributed by atoms with Crippen molar-refractivity contribution < 1.29 is 9.53 Å². The lowest BCUT2D eigenvalue weighted by atomic mass is 9.77. The first-order chi connectivity index (χ1) is 10.8. The minimum Gasteiger partial charge on any atom is -0.462 e. The van der Waals surface area contributed by atoms with E-state index >= 15 is 0 Å². The number of nitriles is 1. The zero-order valence-corrected chi connectivity index (χ0v) is 11.9. The predicted octanol–water partition coefficient (Wildman–Crippen LogP) is 3.09. The molecule has 0 saturated carbocycles. The number of nitrogens with zero attached hydrogens (tertiary/aromatic N) is 1. The lowest BCUT2D eigenvalue weighted by Crippen LogP contribution is -2.17. The molecular weight excluding hydrogens is 274 g/mol. The number of cyclic esters (lactones) is 1. The SMILES string of the molecule is N#Cc1ccc(C2=C3C(=O)OCC3Cc3ccccc32)cc1. The minimum atomic E-state index is -0.209. The Balaban J connectivity index is 1.97. The maximum absolute atomic E-state index is 12.2. The highest BCUT2D eigenvalue weighted by Crippen LogP contribution is 2.42. The van der Waals surface area contributed by atoms with Crippen LogP contribution in [-0.4, -0.2) is 12.6 Å². The molecule has 0 bridgehead atoms. The van der Waals surface area contributed by atoms with Gasteiger partial charge in [0.2, 0.25) is 0 Å². The highest BCUT2D eigenvalue weighted by atomic mass is 16.5. The Kier molecular flexibility index (Phi) is 2.83. The van der Waals surface area contributed by atoms with Gasteiger partial charge in [-0.25, -0.2) is 4.79 Å². The number of rotatable bonds is 1. The van der Waals surface area contributed by atoms with Gasteiger partial charge in [0.1, 0.15) is 0 Å². The number of carbonyl (C=O) groups is 1. The molecule has 1 heterocycles. The summed E-state index contributed by atoms with van der Waals surface area (Å²) in [5, 5.41) is 8.95. The van der Waals surface area contributed by atoms with Crippen LogP contribution in [0.5, 0.6) is 0 Å². The van der Waals surface area contributed by atoms with E-state index in [1.165, 1.54) is 5.56 Å². The van der Waals surface area contributed by atoms with E-state index in [2.05, 4.69) is 18.2 Å². The normalized spacial score (nSPS) is 19.2. The lowest BCUT2D eigenvalue weighted by Gasteiger charge is -2.24. The molecule has 1 saturated heterocycles. The van der Waals surface area contributed by atoms with Crippen LogP contribution in [0.25, 0.3) is 5.57 Å². The summed E-state index contributed by atoms with van der Waals surface area (Å²) in [5.74, 6) is -0.0769. The Morgan fingerprint density at radius 2 is 1.86 bits per heavy atom. The third-order valence-corrected chi connectivity index (χ3v) is 4.37. The van der Waals surface area contributed by atoms with Crippen molar-refractivity contribution in [2.45, 2.75) is 6.42 Å². The highest BCUT2D eigenvalue weighted by Gasteiger charge is 2.38. The van der Waals surface area contributed by atoms with Crippen LogP contribution >= 0.6 is 0 Å². The van der Waals surface area contributed by atoms with Crippen molar-refractivity contribution in [3.63, 3.8) is 0 Å². The van der Waals surface area contributed by atoms with Gasteiger partial charge in [-0.3, -0.25) is 0 Å². The Morgan fingerprint density at radius 1 is 1.09 bits per heavy atom. The molecule has 1 aliphatic carbocycles. The molecule has 0 amide bonds. The van der Waals surface area contributed by atoms with Gasteiger partial charge in [0.05, 0.1) is 23.8 Å². The van der Waals surface area contributed by atoms with E-state index in [0.717, 1.165) is 28.7 Å². The van der Waals surface area contributed by atoms with Gasteiger partial charge in [-0.05, 0) is 35.2 Å². The van der Waals surface area contributed by atoms with Crippen molar-refractivity contribution in [2.24, 2.45) is 5.92 Å². The summed E-state index contributed by atoms with van der Waals surface area (Å²) in [6.07, 6.45) is 0.844. The average Bonchev–Trinajstić information content (AvgIpc) is 2.94. The van der Waals surface area contributed by atoms with Gasteiger partial charge in [-0.15, -0.1) is 0 Å². The zero-order chi connectivity index (χ0) is 15.1. The monoisotopic (exact) mass is 287 g/mol. The Morgan fingerprint density at radius 3 is 2.64 bits per heavy atom. The van der Waals surface area contributed by atoms with Gasteiger partial charge in [0, 0.05) is 11.5 Å². The Bertz CT molecular complexity index is 840. The largest absolute Gasteiger partial charge is 0.462 e. The summed E-state index contributed by atoms with van der Waals surface area (Å²) in [6.45, 7) is 0.461. The summed E-state index contributed by atoms with van der Waals surface area (Å²) < 4.78 is 5.28. The third kappa shape index (κ3) is 1.85. The highest BCUT2D eigenvalue weighted by molar-refractivity contribution is 6.05. The van der Waals surface area contributed by atoms with Gasteiger partial charge in [-0.2, -0.15) is 5.26 Å². The summed E-state index contributed by atoms with van der Waals surface area (Å²) >= 11 is 0. The fraction of sp³-hybridized carbons (Fsp3) is 0.158. The van der Waals surface area contributed by atoms with Crippen LogP contribution in [0.15, 0.2) is 54.1 Å². The van der Waals surface area contributed by atoms with Gasteiger partial charge in [-0.1, -0.05) is 36.4 Å². The molecule has 22 heavy (non-hydrogen) atoms. The number of benzene rings is 2. The van der Waals surface area contributed by atoms with E-state index in [1.54, 1.807) is 12.1 Å². The van der Waals surface area contributed by atoms with Gasteiger partial charge in [0.15, 0.2) is 0 Å². The molecule has 3 nitrogen and oxygen atoms in total. The van der Waals surface area contributed by atoms with Crippen LogP contribution < -0.4 is 0 Å². The van der Waals surface area contributed by atoms with Gasteiger partial charge >= 0.3 is 5.97 Å². The number of carbonyl (C=O) groups excluding carboxylic acids is 1. The summed E-state index contributed by atoms with van der Waals surface area (Å²) in [6, 6.07) is 17.7. The Labute approximate surface area is 128 Å². The van der Waals surface area contributed by atoms with Crippen molar-refractivity contribution in [2.75, 3.05) is 6.61 Å². The van der Waals surface area contributed by atoms with E-state index in [0.29, 0.717) is 12.2 Å². The smallest absolute Gasteiger partial charge is 0.335 e. The van der Waals surface area contributed by atoms with Crippen LogP contribution in [0.2, 0.25) is 0 Å². The second-order valence-electron chi connectivity index (χ2n) is 5.63. The topological polar surface area (TPSA) is 50.1 Å². The summed E-state index contributed by atoms with van der Waals surface area (Å²) in [4.78, 5) is 12.2. The van der Waals surface area contributed by atoms with E-state index in [9.17, 15) is 4.79 Å². The van der Waals surface area contributed by atoms with Crippen LogP contribution in [-0.2, 0) is 16.0 Å². The lowest BCUT2D eigenvalue weighted by molar-refractivity contribution is -0.135. The third-order valence-electron chi connectivity index (χ3n) is 4.37. The van der Waals surface area contributed by atoms with Crippen molar-refractivity contribution in [3.8, 4) is 6.07 Å². The number of fused-ring (bicyclic) bond motifs is 2. The second kappa shape index (κ2) is 4.85. The summed E-state index contributed by atoms with van der Waals surface area (Å²) in [7, 11) is 0. The first kappa shape index (κ1) is 12.8. The summed E-state index contributed by atoms with van der Waals surface area (Å²) in [5.41, 5.74) is 5.66. The molecule has 0 aromatic heterocycles. The van der Waals surface area contributed by atoms with E-state index in [-0.39, 0.29) is 11.9 Å². The molecule has 1 unspecified atom stereocenters. The quantitative estimate of drug-likeness (QED) is 0.757. The maximum Gasteiger partial charge on any atom is 0.335 e. The molecular formula is C19H13NO2. The van der Waals surface area contributed by atoms with Crippen molar-refractivity contribution in [3.05, 3.63) is 76.4 Å². The molecule has 1 aliphatic heterocycles. The first-order valence-corrected chi connectivity index (χ1v) is 7.28. The number of hydrogen-bond acceptors (Lipinski definition) is 3. The first-order valence-electron chi connectivity index (χ1n) is 7.28. The van der Waals surface area contributed by atoms with Crippen LogP contribution in [0, 0.1) is 17.2 Å². The zero-order valence-electron chi connectivity index (χ0n) is 11.9. The van der Waals surface area contributed by atoms with Crippen molar-refractivity contribution in [1.82, 2.24) is 0 Å². The standard InChI is InChI=1S/C19H13NO2/c20-10-12-5-7-13(8-6-12)17-16-4-2-1-3-14(16)9-15-11-22-19(21)18(15)17/h1-8,15H,9,11H2. The number of hydrogen-bond donors (Lipinski definition) is 0. The Hall–Kier alpha value is -2.86. The molecule has 3 heteroatoms. The second-order valence-corrected chi connectivity index (χ2v) is 5.63. The van der Waals surface area contributed by atoms with E-state index in [4.69, 9.17) is 10.00 Å². The molecule has 1 fully saturated rings. The average molecular weight is 287 g/mol. The molecule has 2 aliphatic rings. The van der Waals surface area contributed by atoms with Crippen molar-refractivity contribution in [1.29, 1.82) is 5.26 Å². The molecule has 0 N–H and O–H groups in total. The van der Waals surface area contributed by atoms with Crippen LogP contribution in [0.1, 0.15) is 22.3 Å². The van der Waals surface area contributed by atoms with Crippen LogP contribution in [0.4, 0.5) is 0 Å². The maximum atomic E-state index is 12.2. The van der Waals surface area contributed by atoms with E-state index < -0.39 is 0 Å². The molecule has 2 aromatic carbocycles. The van der Waals surface area contributed by atoms with Gasteiger partial charge in [0.25, 0.3) is 0 Å². The van der Waals surface area contributed by atoms with Crippen LogP contribution in [0.3, 0.4) is 0 Å². The van der Waals surface area contributed by atoms with Crippen molar-refractivity contribution >= 4 is 11.5 Å². The fourth-order valence-electron chi connectivity index (χ4n) is 3.35. The molecule has 0 spiro atoms. The number of esters is 1. The molecule has 2 aromatic rings. The molecule has 1 atom stereocenters. The predicted molar refractivity (Wildman–Crippen MR) is 81.8 cm³/mol. The fourth-order valence-corrected chi connectivity index (χ4v) is 3.35. The molecule has 106 valence electrons. The van der Waals surface area contributed by atoms with Gasteiger partial charge < -0.3 is 4.74 Å². The minimum absolute atomic E-state index is 0.132. The van der Waals surface area contributed by atoms with E-state index in [1.807, 2.05) is 24.3 Å². The number of ether oxygens (including phenoxy) is 1.